The number of aromatic nitrogens is 8. The Balaban J connectivity index is 1.33. The van der Waals surface area contributed by atoms with Gasteiger partial charge in [0, 0.05) is 12.6 Å². The number of para-hydroxylation sites is 2. The van der Waals surface area contributed by atoms with Crippen LogP contribution in [0.1, 0.15) is 16.8 Å². The van der Waals surface area contributed by atoms with E-state index in [1.54, 1.807) is 36.0 Å². The molecule has 3 N–H and O–H groups in total. The van der Waals surface area contributed by atoms with Gasteiger partial charge < -0.3 is 11.1 Å². The normalized spacial score (nSPS) is 11.1. The summed E-state index contributed by atoms with van der Waals surface area (Å²) in [5, 5.41) is 20.8. The van der Waals surface area contributed by atoms with Gasteiger partial charge in [-0.2, -0.15) is 5.26 Å². The summed E-state index contributed by atoms with van der Waals surface area (Å²) < 4.78 is 18.6. The Kier molecular flexibility index (Phi) is 6.08. The van der Waals surface area contributed by atoms with Gasteiger partial charge in [0.15, 0.2) is 17.5 Å². The SMILES string of the molecule is CNc1nc2ccccc2n1-c1cccc(Cn2cc(-c3nc(-c4cccc(C#N)c4C)nc(N)c3F)nn2)n1. The molecular formula is C28H22FN11. The van der Waals surface area contributed by atoms with E-state index >= 15 is 4.39 Å². The van der Waals surface area contributed by atoms with Gasteiger partial charge in [-0.1, -0.05) is 35.5 Å². The molecule has 2 aromatic carbocycles. The third-order valence-electron chi connectivity index (χ3n) is 6.48. The van der Waals surface area contributed by atoms with Crippen molar-refractivity contribution in [3.05, 3.63) is 89.5 Å². The second-order valence-corrected chi connectivity index (χ2v) is 8.98. The van der Waals surface area contributed by atoms with Crippen molar-refractivity contribution in [3.8, 4) is 34.7 Å². The van der Waals surface area contributed by atoms with Gasteiger partial charge in [-0.15, -0.1) is 5.10 Å². The minimum absolute atomic E-state index is 0.0826. The minimum Gasteiger partial charge on any atom is -0.381 e. The monoisotopic (exact) mass is 531 g/mol. The molecule has 0 radical (unpaired) electrons. The Morgan fingerprint density at radius 3 is 2.65 bits per heavy atom. The molecule has 0 saturated heterocycles. The van der Waals surface area contributed by atoms with E-state index in [2.05, 4.69) is 36.7 Å². The fourth-order valence-electron chi connectivity index (χ4n) is 4.51. The largest absolute Gasteiger partial charge is 0.381 e. The van der Waals surface area contributed by atoms with E-state index in [-0.39, 0.29) is 29.6 Å². The predicted octanol–water partition coefficient (Wildman–Crippen LogP) is 4.13. The van der Waals surface area contributed by atoms with E-state index in [0.717, 1.165) is 11.0 Å². The maximum Gasteiger partial charge on any atom is 0.209 e. The number of hydrogen-bond donors (Lipinski definition) is 2. The van der Waals surface area contributed by atoms with E-state index in [1.165, 1.54) is 0 Å². The van der Waals surface area contributed by atoms with Crippen LogP contribution in [0, 0.1) is 24.1 Å². The molecule has 0 spiro atoms. The number of pyridine rings is 1. The molecule has 196 valence electrons. The predicted molar refractivity (Wildman–Crippen MR) is 148 cm³/mol. The minimum atomic E-state index is -0.795. The van der Waals surface area contributed by atoms with Gasteiger partial charge in [0.2, 0.25) is 5.95 Å². The van der Waals surface area contributed by atoms with Crippen LogP contribution in [0.15, 0.2) is 66.9 Å². The Morgan fingerprint density at radius 1 is 1.00 bits per heavy atom. The third kappa shape index (κ3) is 4.25. The molecule has 0 fully saturated rings. The van der Waals surface area contributed by atoms with Crippen LogP contribution in [0.25, 0.3) is 39.6 Å². The van der Waals surface area contributed by atoms with E-state index < -0.39 is 5.82 Å². The van der Waals surface area contributed by atoms with Crippen LogP contribution in [-0.4, -0.2) is 46.5 Å². The molecule has 12 heteroatoms. The molecule has 0 atom stereocenters. The zero-order valence-corrected chi connectivity index (χ0v) is 21.5. The molecule has 0 unspecified atom stereocenters. The number of halogens is 1. The highest BCUT2D eigenvalue weighted by atomic mass is 19.1. The number of fused-ring (bicyclic) bond motifs is 1. The fourth-order valence-corrected chi connectivity index (χ4v) is 4.51. The molecule has 0 aliphatic heterocycles. The van der Waals surface area contributed by atoms with Crippen molar-refractivity contribution < 1.29 is 4.39 Å². The van der Waals surface area contributed by atoms with Crippen molar-refractivity contribution in [2.45, 2.75) is 13.5 Å². The Labute approximate surface area is 227 Å². The van der Waals surface area contributed by atoms with Gasteiger partial charge in [-0.05, 0) is 42.8 Å². The van der Waals surface area contributed by atoms with Crippen LogP contribution >= 0.6 is 0 Å². The number of imidazole rings is 1. The van der Waals surface area contributed by atoms with Crippen molar-refractivity contribution >= 4 is 22.8 Å². The molecule has 0 aliphatic carbocycles. The maximum absolute atomic E-state index is 15.1. The summed E-state index contributed by atoms with van der Waals surface area (Å²) in [7, 11) is 1.81. The first-order chi connectivity index (χ1) is 19.5. The molecule has 11 nitrogen and oxygen atoms in total. The summed E-state index contributed by atoms with van der Waals surface area (Å²) in [6.07, 6.45) is 1.58. The van der Waals surface area contributed by atoms with Crippen molar-refractivity contribution in [1.29, 1.82) is 5.26 Å². The first kappa shape index (κ1) is 24.6. The molecule has 0 amide bonds. The number of benzene rings is 2. The summed E-state index contributed by atoms with van der Waals surface area (Å²) in [6.45, 7) is 2.06. The van der Waals surface area contributed by atoms with Gasteiger partial charge in [-0.3, -0.25) is 4.57 Å². The van der Waals surface area contributed by atoms with Crippen LogP contribution in [-0.2, 0) is 6.54 Å². The van der Waals surface area contributed by atoms with Crippen LogP contribution in [0.4, 0.5) is 16.2 Å². The lowest BCUT2D eigenvalue weighted by Crippen LogP contribution is -2.07. The van der Waals surface area contributed by atoms with Crippen LogP contribution in [0.3, 0.4) is 0 Å². The summed E-state index contributed by atoms with van der Waals surface area (Å²) in [6, 6.07) is 20.8. The van der Waals surface area contributed by atoms with Gasteiger partial charge >= 0.3 is 0 Å². The molecule has 4 heterocycles. The second-order valence-electron chi connectivity index (χ2n) is 8.98. The number of nitrogen functional groups attached to an aromatic ring is 1. The van der Waals surface area contributed by atoms with Gasteiger partial charge in [0.1, 0.15) is 17.2 Å². The first-order valence-electron chi connectivity index (χ1n) is 12.3. The standard InChI is InChI=1S/C28H22FN11/c1-16-17(13-30)7-5-9-19(16)27-35-25(24(29)26(31)36-27)21-15-39(38-37-21)14-18-8-6-12-23(33-18)40-22-11-4-3-10-20(22)34-28(40)32-2/h3-12,15H,14H2,1-2H3,(H,32,34)(H2,31,35,36). The van der Waals surface area contributed by atoms with Crippen LogP contribution in [0.5, 0.6) is 0 Å². The van der Waals surface area contributed by atoms with E-state index in [9.17, 15) is 5.26 Å². The Hall–Kier alpha value is -5.70. The Bertz CT molecular complexity index is 1930. The molecule has 40 heavy (non-hydrogen) atoms. The maximum atomic E-state index is 15.1. The number of nitrogens with zero attached hydrogens (tertiary/aromatic N) is 9. The topological polar surface area (TPSA) is 149 Å². The third-order valence-corrected chi connectivity index (χ3v) is 6.48. The summed E-state index contributed by atoms with van der Waals surface area (Å²) in [5.41, 5.74) is 10.2. The van der Waals surface area contributed by atoms with Gasteiger partial charge in [0.05, 0.1) is 41.1 Å². The van der Waals surface area contributed by atoms with E-state index in [1.807, 2.05) is 54.1 Å². The quantitative estimate of drug-likeness (QED) is 0.323. The molecule has 0 saturated carbocycles. The molecule has 0 aliphatic rings. The number of hydrogen-bond acceptors (Lipinski definition) is 9. The zero-order valence-electron chi connectivity index (χ0n) is 21.5. The number of anilines is 2. The van der Waals surface area contributed by atoms with Gasteiger partial charge in [-0.25, -0.2) is 29.0 Å². The number of nitrogens with two attached hydrogens (primary N) is 1. The van der Waals surface area contributed by atoms with Crippen molar-refractivity contribution in [3.63, 3.8) is 0 Å². The lowest BCUT2D eigenvalue weighted by atomic mass is 10.0. The average molecular weight is 532 g/mol. The molecule has 6 aromatic rings. The number of nitrogens with one attached hydrogen (secondary N) is 1. The van der Waals surface area contributed by atoms with E-state index in [4.69, 9.17) is 10.7 Å². The molecule has 0 bridgehead atoms. The van der Waals surface area contributed by atoms with Gasteiger partial charge in [0.25, 0.3) is 0 Å². The van der Waals surface area contributed by atoms with Crippen LogP contribution in [0.2, 0.25) is 0 Å². The summed E-state index contributed by atoms with van der Waals surface area (Å²) in [5.74, 6) is 0.428. The molecule has 6 rings (SSSR count). The second kappa shape index (κ2) is 9.88. The zero-order chi connectivity index (χ0) is 27.8. The lowest BCUT2D eigenvalue weighted by molar-refractivity contribution is 0.623. The summed E-state index contributed by atoms with van der Waals surface area (Å²) in [4.78, 5) is 18.0. The average Bonchev–Trinajstić information content (AvgIpc) is 3.59. The van der Waals surface area contributed by atoms with Crippen molar-refractivity contribution in [2.24, 2.45) is 0 Å². The van der Waals surface area contributed by atoms with Crippen LogP contribution < -0.4 is 11.1 Å². The molecular weight excluding hydrogens is 509 g/mol. The smallest absolute Gasteiger partial charge is 0.209 e. The molecule has 4 aromatic heterocycles. The first-order valence-corrected chi connectivity index (χ1v) is 12.3. The summed E-state index contributed by atoms with van der Waals surface area (Å²) >= 11 is 0. The fraction of sp³-hybridized carbons (Fsp3) is 0.107. The van der Waals surface area contributed by atoms with Crippen molar-refractivity contribution in [2.75, 3.05) is 18.1 Å². The highest BCUT2D eigenvalue weighted by Gasteiger charge is 2.20. The van der Waals surface area contributed by atoms with E-state index in [0.29, 0.717) is 34.2 Å². The Morgan fingerprint density at radius 2 is 1.82 bits per heavy atom. The highest BCUT2D eigenvalue weighted by molar-refractivity contribution is 5.80. The number of nitriles is 1. The van der Waals surface area contributed by atoms with Crippen molar-refractivity contribution in [1.82, 2.24) is 39.5 Å². The lowest BCUT2D eigenvalue weighted by Gasteiger charge is -2.10. The highest BCUT2D eigenvalue weighted by Crippen LogP contribution is 2.29. The number of rotatable bonds is 6.